The lowest BCUT2D eigenvalue weighted by atomic mass is 10.1. The molecule has 29 heavy (non-hydrogen) atoms. The van der Waals surface area contributed by atoms with Gasteiger partial charge in [0.2, 0.25) is 0 Å². The molecule has 0 radical (unpaired) electrons. The molecule has 0 amide bonds. The molecular weight excluding hydrogens is 367 g/mol. The highest BCUT2D eigenvalue weighted by Gasteiger charge is 2.22. The van der Waals surface area contributed by atoms with Gasteiger partial charge in [0.05, 0.1) is 17.4 Å². The maximum atomic E-state index is 13.0. The summed E-state index contributed by atoms with van der Waals surface area (Å²) < 4.78 is 13.0. The van der Waals surface area contributed by atoms with Gasteiger partial charge in [-0.05, 0) is 54.8 Å². The Labute approximate surface area is 168 Å². The Balaban J connectivity index is 1.59. The summed E-state index contributed by atoms with van der Waals surface area (Å²) in [6.45, 7) is 1.34. The number of nitrogens with one attached hydrogen (secondary N) is 1. The van der Waals surface area contributed by atoms with Crippen molar-refractivity contribution in [1.82, 2.24) is 9.97 Å². The average Bonchev–Trinajstić information content (AvgIpc) is 3.18. The lowest BCUT2D eigenvalue weighted by Gasteiger charge is -2.31. The van der Waals surface area contributed by atoms with Crippen LogP contribution in [0.15, 0.2) is 48.7 Å². The quantitative estimate of drug-likeness (QED) is 0.702. The first kappa shape index (κ1) is 18.9. The van der Waals surface area contributed by atoms with Crippen LogP contribution in [-0.2, 0) is 0 Å². The van der Waals surface area contributed by atoms with Crippen LogP contribution in [0.3, 0.4) is 0 Å². The van der Waals surface area contributed by atoms with Crippen LogP contribution in [-0.4, -0.2) is 34.3 Å². The highest BCUT2D eigenvalue weighted by atomic mass is 19.1. The monoisotopic (exact) mass is 388 g/mol. The Morgan fingerprint density at radius 2 is 2.03 bits per heavy atom. The fraction of sp³-hybridized carbons (Fsp3) is 0.217. The summed E-state index contributed by atoms with van der Waals surface area (Å²) in [6.07, 6.45) is 6.78. The number of piperidine rings is 1. The van der Waals surface area contributed by atoms with Crippen LogP contribution in [0.2, 0.25) is 0 Å². The smallest absolute Gasteiger partial charge is 0.124 e. The van der Waals surface area contributed by atoms with Gasteiger partial charge in [-0.15, -0.1) is 0 Å². The van der Waals surface area contributed by atoms with E-state index in [9.17, 15) is 14.8 Å². The molecule has 0 spiro atoms. The molecule has 5 nitrogen and oxygen atoms in total. The molecule has 0 saturated carbocycles. The van der Waals surface area contributed by atoms with E-state index in [1.165, 1.54) is 12.1 Å². The van der Waals surface area contributed by atoms with Crippen molar-refractivity contribution in [3.63, 3.8) is 0 Å². The predicted octanol–water partition coefficient (Wildman–Crippen LogP) is 4.22. The number of aliphatic hydroxyl groups excluding tert-OH is 1. The third-order valence-electron chi connectivity index (χ3n) is 5.04. The van der Waals surface area contributed by atoms with Crippen molar-refractivity contribution in [3.8, 4) is 17.3 Å². The Morgan fingerprint density at radius 1 is 1.21 bits per heavy atom. The van der Waals surface area contributed by atoms with Gasteiger partial charge in [0, 0.05) is 30.5 Å². The molecular formula is C23H21FN4O. The minimum absolute atomic E-state index is 0.264. The summed E-state index contributed by atoms with van der Waals surface area (Å²) in [7, 11) is 0. The molecule has 2 aromatic heterocycles. The first-order chi connectivity index (χ1) is 14.1. The van der Waals surface area contributed by atoms with Gasteiger partial charge in [-0.1, -0.05) is 18.2 Å². The standard InChI is InChI=1S/C23H21FN4O/c24-19-6-3-16(4-7-19)5-8-20-12-17(9-10-26-20)22-13-18(14-25)23(27-22)28-11-1-2-21(29)15-28/h3-10,12-13,21,27,29H,1-2,11,15H2. The van der Waals surface area contributed by atoms with Gasteiger partial charge in [0.1, 0.15) is 17.7 Å². The van der Waals surface area contributed by atoms with E-state index in [-0.39, 0.29) is 11.9 Å². The molecule has 1 aliphatic rings. The van der Waals surface area contributed by atoms with E-state index in [2.05, 4.69) is 16.0 Å². The molecule has 1 fully saturated rings. The first-order valence-electron chi connectivity index (χ1n) is 9.58. The highest BCUT2D eigenvalue weighted by Crippen LogP contribution is 2.29. The molecule has 146 valence electrons. The van der Waals surface area contributed by atoms with E-state index in [1.807, 2.05) is 35.3 Å². The molecule has 3 aromatic rings. The van der Waals surface area contributed by atoms with Crippen LogP contribution in [0.1, 0.15) is 29.7 Å². The van der Waals surface area contributed by atoms with Crippen LogP contribution in [0, 0.1) is 17.1 Å². The van der Waals surface area contributed by atoms with Gasteiger partial charge in [0.15, 0.2) is 0 Å². The summed E-state index contributed by atoms with van der Waals surface area (Å²) in [5.74, 6) is 0.487. The number of hydrogen-bond donors (Lipinski definition) is 2. The second kappa shape index (κ2) is 8.29. The van der Waals surface area contributed by atoms with Crippen LogP contribution in [0.5, 0.6) is 0 Å². The van der Waals surface area contributed by atoms with Crippen molar-refractivity contribution in [2.45, 2.75) is 18.9 Å². The van der Waals surface area contributed by atoms with E-state index in [0.29, 0.717) is 12.1 Å². The predicted molar refractivity (Wildman–Crippen MR) is 112 cm³/mol. The Morgan fingerprint density at radius 3 is 2.79 bits per heavy atom. The first-order valence-corrected chi connectivity index (χ1v) is 9.58. The molecule has 1 saturated heterocycles. The maximum Gasteiger partial charge on any atom is 0.124 e. The molecule has 6 heteroatoms. The second-order valence-electron chi connectivity index (χ2n) is 7.15. The number of β-amino-alcohol motifs (C(OH)–C–C–N with tert-alkyl or cyclic N) is 1. The third-order valence-corrected chi connectivity index (χ3v) is 5.04. The molecule has 1 unspecified atom stereocenters. The fourth-order valence-corrected chi connectivity index (χ4v) is 3.55. The van der Waals surface area contributed by atoms with Crippen molar-refractivity contribution in [3.05, 3.63) is 71.3 Å². The zero-order valence-corrected chi connectivity index (χ0v) is 15.8. The minimum Gasteiger partial charge on any atom is -0.391 e. The Bertz CT molecular complexity index is 1070. The highest BCUT2D eigenvalue weighted by molar-refractivity contribution is 5.73. The van der Waals surface area contributed by atoms with Gasteiger partial charge in [0.25, 0.3) is 0 Å². The molecule has 0 aliphatic carbocycles. The molecule has 1 atom stereocenters. The molecule has 3 heterocycles. The van der Waals surface area contributed by atoms with Gasteiger partial charge >= 0.3 is 0 Å². The van der Waals surface area contributed by atoms with E-state index < -0.39 is 0 Å². The summed E-state index contributed by atoms with van der Waals surface area (Å²) >= 11 is 0. The van der Waals surface area contributed by atoms with Gasteiger partial charge < -0.3 is 15.0 Å². The SMILES string of the molecule is N#Cc1cc(-c2ccnc(C=Cc3ccc(F)cc3)c2)[nH]c1N1CCCC(O)C1. The van der Waals surface area contributed by atoms with Crippen LogP contribution in [0.4, 0.5) is 10.2 Å². The van der Waals surface area contributed by atoms with Crippen molar-refractivity contribution < 1.29 is 9.50 Å². The number of aromatic nitrogens is 2. The summed E-state index contributed by atoms with van der Waals surface area (Å²) in [4.78, 5) is 9.74. The van der Waals surface area contributed by atoms with Crippen molar-refractivity contribution >= 4 is 18.0 Å². The Kier molecular flexibility index (Phi) is 5.41. The van der Waals surface area contributed by atoms with E-state index in [0.717, 1.165) is 47.7 Å². The van der Waals surface area contributed by atoms with Crippen molar-refractivity contribution in [2.24, 2.45) is 0 Å². The number of aliphatic hydroxyl groups is 1. The lowest BCUT2D eigenvalue weighted by Crippen LogP contribution is -2.38. The fourth-order valence-electron chi connectivity index (χ4n) is 3.55. The number of aromatic amines is 1. The molecule has 0 bridgehead atoms. The van der Waals surface area contributed by atoms with Crippen LogP contribution < -0.4 is 4.90 Å². The molecule has 2 N–H and O–H groups in total. The number of hydrogen-bond acceptors (Lipinski definition) is 4. The number of halogens is 1. The van der Waals surface area contributed by atoms with Gasteiger partial charge in [-0.2, -0.15) is 5.26 Å². The summed E-state index contributed by atoms with van der Waals surface area (Å²) in [5, 5.41) is 19.5. The average molecular weight is 388 g/mol. The van der Waals surface area contributed by atoms with E-state index >= 15 is 0 Å². The van der Waals surface area contributed by atoms with E-state index in [4.69, 9.17) is 0 Å². The summed E-state index contributed by atoms with van der Waals surface area (Å²) in [6, 6.07) is 14.2. The second-order valence-corrected chi connectivity index (χ2v) is 7.15. The number of pyridine rings is 1. The largest absolute Gasteiger partial charge is 0.391 e. The van der Waals surface area contributed by atoms with Crippen LogP contribution in [0.25, 0.3) is 23.4 Å². The number of nitrogens with zero attached hydrogens (tertiary/aromatic N) is 3. The number of anilines is 1. The Hall–Kier alpha value is -3.43. The summed E-state index contributed by atoms with van der Waals surface area (Å²) in [5.41, 5.74) is 3.95. The van der Waals surface area contributed by atoms with Gasteiger partial charge in [-0.3, -0.25) is 4.98 Å². The zero-order valence-electron chi connectivity index (χ0n) is 15.8. The number of benzene rings is 1. The van der Waals surface area contributed by atoms with Crippen LogP contribution >= 0.6 is 0 Å². The topological polar surface area (TPSA) is 75.9 Å². The lowest BCUT2D eigenvalue weighted by molar-refractivity contribution is 0.154. The zero-order chi connectivity index (χ0) is 20.2. The molecule has 4 rings (SSSR count). The normalized spacial score (nSPS) is 16.9. The maximum absolute atomic E-state index is 13.0. The van der Waals surface area contributed by atoms with Crippen molar-refractivity contribution in [2.75, 3.05) is 18.0 Å². The number of nitriles is 1. The number of H-pyrrole nitrogens is 1. The van der Waals surface area contributed by atoms with Gasteiger partial charge in [-0.25, -0.2) is 4.39 Å². The third kappa shape index (κ3) is 4.36. The van der Waals surface area contributed by atoms with E-state index in [1.54, 1.807) is 18.3 Å². The minimum atomic E-state index is -0.369. The molecule has 1 aliphatic heterocycles. The number of rotatable bonds is 4. The van der Waals surface area contributed by atoms with Crippen molar-refractivity contribution in [1.29, 1.82) is 5.26 Å². The molecule has 1 aromatic carbocycles.